The highest BCUT2D eigenvalue weighted by molar-refractivity contribution is 9.10. The molecule has 0 bridgehead atoms. The van der Waals surface area contributed by atoms with Gasteiger partial charge in [-0.3, -0.25) is 25.8 Å². The fourth-order valence-corrected chi connectivity index (χ4v) is 2.63. The van der Waals surface area contributed by atoms with E-state index in [2.05, 4.69) is 32.1 Å². The lowest BCUT2D eigenvalue weighted by Gasteiger charge is -2.10. The van der Waals surface area contributed by atoms with Gasteiger partial charge in [0.2, 0.25) is 5.91 Å². The van der Waals surface area contributed by atoms with Gasteiger partial charge < -0.3 is 4.74 Å². The zero-order chi connectivity index (χ0) is 19.8. The van der Waals surface area contributed by atoms with Gasteiger partial charge in [-0.25, -0.2) is 0 Å². The van der Waals surface area contributed by atoms with Gasteiger partial charge in [0, 0.05) is 26.7 Å². The number of halogens is 2. The molecule has 9 heteroatoms. The van der Waals surface area contributed by atoms with Crippen LogP contribution in [-0.4, -0.2) is 24.0 Å². The van der Waals surface area contributed by atoms with Crippen LogP contribution in [-0.2, 0) is 4.79 Å². The Morgan fingerprint density at radius 2 is 1.85 bits per heavy atom. The maximum atomic E-state index is 12.0. The summed E-state index contributed by atoms with van der Waals surface area (Å²) in [5.74, 6) is -0.258. The van der Waals surface area contributed by atoms with Crippen LogP contribution in [0.1, 0.15) is 15.9 Å². The summed E-state index contributed by atoms with van der Waals surface area (Å²) in [5, 5.41) is 2.90. The number of carbonyl (C=O) groups is 2. The van der Waals surface area contributed by atoms with E-state index < -0.39 is 11.8 Å². The summed E-state index contributed by atoms with van der Waals surface area (Å²) >= 11 is 14.1. The van der Waals surface area contributed by atoms with Crippen LogP contribution < -0.4 is 20.9 Å². The van der Waals surface area contributed by atoms with Crippen molar-refractivity contribution in [2.45, 2.75) is 0 Å². The van der Waals surface area contributed by atoms with Gasteiger partial charge in [0.25, 0.3) is 5.91 Å². The molecule has 6 nitrogen and oxygen atoms in total. The number of carbonyl (C=O) groups excluding carboxylic acids is 2. The highest BCUT2D eigenvalue weighted by Crippen LogP contribution is 2.23. The van der Waals surface area contributed by atoms with Gasteiger partial charge in [-0.2, -0.15) is 0 Å². The van der Waals surface area contributed by atoms with Gasteiger partial charge in [0.05, 0.1) is 7.11 Å². The minimum absolute atomic E-state index is 0.0480. The van der Waals surface area contributed by atoms with E-state index in [4.69, 9.17) is 28.6 Å². The lowest BCUT2D eigenvalue weighted by atomic mass is 10.2. The molecule has 0 aliphatic carbocycles. The topological polar surface area (TPSA) is 79.5 Å². The fourth-order valence-electron chi connectivity index (χ4n) is 1.97. The van der Waals surface area contributed by atoms with Crippen molar-refractivity contribution in [3.63, 3.8) is 0 Å². The molecule has 0 spiro atoms. The molecule has 3 N–H and O–H groups in total. The quantitative estimate of drug-likeness (QED) is 0.364. The summed E-state index contributed by atoms with van der Waals surface area (Å²) in [6, 6.07) is 11.7. The molecule has 0 fully saturated rings. The van der Waals surface area contributed by atoms with Crippen molar-refractivity contribution in [1.82, 2.24) is 16.2 Å². The van der Waals surface area contributed by atoms with Crippen molar-refractivity contribution in [3.05, 3.63) is 69.2 Å². The second kappa shape index (κ2) is 10.1. The summed E-state index contributed by atoms with van der Waals surface area (Å²) in [4.78, 5) is 23.9. The molecule has 27 heavy (non-hydrogen) atoms. The lowest BCUT2D eigenvalue weighted by molar-refractivity contribution is -0.115. The van der Waals surface area contributed by atoms with Crippen LogP contribution >= 0.6 is 39.7 Å². The molecule has 0 heterocycles. The maximum Gasteiger partial charge on any atom is 0.269 e. The number of hydrogen-bond acceptors (Lipinski definition) is 4. The first-order valence-corrected chi connectivity index (χ1v) is 9.15. The van der Waals surface area contributed by atoms with Crippen LogP contribution in [0.4, 0.5) is 0 Å². The zero-order valence-electron chi connectivity index (χ0n) is 14.1. The van der Waals surface area contributed by atoms with Gasteiger partial charge >= 0.3 is 0 Å². The minimum Gasteiger partial charge on any atom is -0.496 e. The smallest absolute Gasteiger partial charge is 0.269 e. The van der Waals surface area contributed by atoms with E-state index in [-0.39, 0.29) is 5.11 Å². The van der Waals surface area contributed by atoms with E-state index in [1.165, 1.54) is 6.08 Å². The third-order valence-corrected chi connectivity index (χ3v) is 4.19. The molecule has 140 valence electrons. The number of nitrogens with one attached hydrogen (secondary N) is 3. The molecule has 0 aliphatic rings. The Kier molecular flexibility index (Phi) is 7.78. The van der Waals surface area contributed by atoms with Gasteiger partial charge in [-0.15, -0.1) is 0 Å². The van der Waals surface area contributed by atoms with Crippen molar-refractivity contribution < 1.29 is 14.3 Å². The van der Waals surface area contributed by atoms with Crippen LogP contribution in [0.3, 0.4) is 0 Å². The Labute approximate surface area is 175 Å². The van der Waals surface area contributed by atoms with Crippen LogP contribution in [0, 0.1) is 0 Å². The fraction of sp³-hybridized carbons (Fsp3) is 0.0556. The summed E-state index contributed by atoms with van der Waals surface area (Å²) in [6.07, 6.45) is 2.90. The van der Waals surface area contributed by atoms with Crippen molar-refractivity contribution >= 4 is 62.8 Å². The summed E-state index contributed by atoms with van der Waals surface area (Å²) < 4.78 is 6.08. The Bertz CT molecular complexity index is 888. The van der Waals surface area contributed by atoms with Crippen molar-refractivity contribution in [1.29, 1.82) is 0 Å². The third-order valence-electron chi connectivity index (χ3n) is 3.24. The number of benzene rings is 2. The number of ether oxygens (including phenoxy) is 1. The Balaban J connectivity index is 1.86. The number of rotatable bonds is 4. The first kappa shape index (κ1) is 20.9. The lowest BCUT2D eigenvalue weighted by Crippen LogP contribution is -2.48. The standard InChI is InChI=1S/C18H15BrClN3O3S/c1-26-15-8-5-13(19)10-12(15)4-9-16(24)21-18(27)23-22-17(25)11-2-6-14(20)7-3-11/h2-10H,1H3,(H,22,25)(H2,21,23,24,27)/b9-4+. The third kappa shape index (κ3) is 6.67. The molecule has 0 aliphatic heterocycles. The van der Waals surface area contributed by atoms with Crippen molar-refractivity contribution in [2.75, 3.05) is 7.11 Å². The number of hydrogen-bond donors (Lipinski definition) is 3. The SMILES string of the molecule is COc1ccc(Br)cc1/C=C/C(=O)NC(=S)NNC(=O)c1ccc(Cl)cc1. The molecule has 2 rings (SSSR count). The molecule has 2 aromatic carbocycles. The Morgan fingerprint density at radius 3 is 2.52 bits per heavy atom. The van der Waals surface area contributed by atoms with Crippen molar-refractivity contribution in [3.8, 4) is 5.75 Å². The molecule has 0 saturated heterocycles. The minimum atomic E-state index is -0.463. The maximum absolute atomic E-state index is 12.0. The van der Waals surface area contributed by atoms with Gasteiger partial charge in [0.15, 0.2) is 5.11 Å². The number of hydrazine groups is 1. The number of amides is 2. The van der Waals surface area contributed by atoms with E-state index in [1.807, 2.05) is 12.1 Å². The highest BCUT2D eigenvalue weighted by Gasteiger charge is 2.07. The van der Waals surface area contributed by atoms with E-state index in [0.717, 1.165) is 10.0 Å². The summed E-state index contributed by atoms with van der Waals surface area (Å²) in [6.45, 7) is 0. The normalized spacial score (nSPS) is 10.3. The predicted molar refractivity (Wildman–Crippen MR) is 113 cm³/mol. The molecule has 2 aromatic rings. The van der Waals surface area contributed by atoms with Gasteiger partial charge in [-0.1, -0.05) is 27.5 Å². The van der Waals surface area contributed by atoms with Crippen molar-refractivity contribution in [2.24, 2.45) is 0 Å². The summed E-state index contributed by atoms with van der Waals surface area (Å²) in [5.41, 5.74) is 5.95. The molecule has 0 saturated carbocycles. The van der Waals surface area contributed by atoms with E-state index >= 15 is 0 Å². The molecule has 0 unspecified atom stereocenters. The average molecular weight is 469 g/mol. The van der Waals surface area contributed by atoms with Crippen LogP contribution in [0.25, 0.3) is 6.08 Å². The first-order valence-electron chi connectivity index (χ1n) is 7.57. The highest BCUT2D eigenvalue weighted by atomic mass is 79.9. The Hall–Kier alpha value is -2.42. The first-order chi connectivity index (χ1) is 12.9. The predicted octanol–water partition coefficient (Wildman–Crippen LogP) is 3.46. The molecule has 2 amide bonds. The van der Waals surface area contributed by atoms with Crippen LogP contribution in [0.5, 0.6) is 5.75 Å². The van der Waals surface area contributed by atoms with Crippen LogP contribution in [0.15, 0.2) is 53.0 Å². The Morgan fingerprint density at radius 1 is 1.15 bits per heavy atom. The molecule has 0 radical (unpaired) electrons. The van der Waals surface area contributed by atoms with Crippen LogP contribution in [0.2, 0.25) is 5.02 Å². The molecular formula is C18H15BrClN3O3S. The van der Waals surface area contributed by atoms with Gasteiger partial charge in [-0.05, 0) is 60.8 Å². The average Bonchev–Trinajstić information content (AvgIpc) is 2.65. The molecule has 0 aromatic heterocycles. The second-order valence-electron chi connectivity index (χ2n) is 5.12. The monoisotopic (exact) mass is 467 g/mol. The van der Waals surface area contributed by atoms with E-state index in [0.29, 0.717) is 16.3 Å². The van der Waals surface area contributed by atoms with E-state index in [9.17, 15) is 9.59 Å². The number of methoxy groups -OCH3 is 1. The molecule has 0 atom stereocenters. The number of thiocarbonyl (C=S) groups is 1. The second-order valence-corrected chi connectivity index (χ2v) is 6.88. The molecular weight excluding hydrogens is 454 g/mol. The zero-order valence-corrected chi connectivity index (χ0v) is 17.2. The van der Waals surface area contributed by atoms with E-state index in [1.54, 1.807) is 43.5 Å². The summed E-state index contributed by atoms with van der Waals surface area (Å²) in [7, 11) is 1.54. The largest absolute Gasteiger partial charge is 0.496 e. The van der Waals surface area contributed by atoms with Gasteiger partial charge in [0.1, 0.15) is 5.75 Å².